The number of hydrogen-bond donors (Lipinski definition) is 2. The molecule has 0 aromatic heterocycles. The molecule has 3 N–H and O–H groups in total. The summed E-state index contributed by atoms with van der Waals surface area (Å²) in [4.78, 5) is 11.4. The molecule has 1 aromatic rings. The van der Waals surface area contributed by atoms with Crippen LogP contribution in [-0.4, -0.2) is 17.4 Å². The highest BCUT2D eigenvalue weighted by atomic mass is 16.3. The fourth-order valence-electron chi connectivity index (χ4n) is 1.22. The molecule has 0 saturated carbocycles. The molecule has 0 heterocycles. The number of aliphatic hydroxyl groups excluding tert-OH is 1. The lowest BCUT2D eigenvalue weighted by atomic mass is 10.0. The molecular formula is C11H15NO2. The quantitative estimate of drug-likeness (QED) is 0.708. The summed E-state index contributed by atoms with van der Waals surface area (Å²) < 4.78 is 0. The summed E-state index contributed by atoms with van der Waals surface area (Å²) >= 11 is 0. The van der Waals surface area contributed by atoms with Gasteiger partial charge >= 0.3 is 0 Å². The normalized spacial score (nSPS) is 12.5. The maximum atomic E-state index is 11.4. The number of nitrogens with two attached hydrogens (primary N) is 1. The van der Waals surface area contributed by atoms with Crippen molar-refractivity contribution in [2.75, 3.05) is 6.54 Å². The van der Waals surface area contributed by atoms with Crippen molar-refractivity contribution in [3.8, 4) is 0 Å². The van der Waals surface area contributed by atoms with Crippen molar-refractivity contribution in [1.82, 2.24) is 0 Å². The number of benzene rings is 1. The Bertz CT molecular complexity index is 304. The fourth-order valence-corrected chi connectivity index (χ4v) is 1.22. The number of aliphatic hydroxyl groups is 1. The van der Waals surface area contributed by atoms with Gasteiger partial charge in [0.05, 0.1) is 6.10 Å². The summed E-state index contributed by atoms with van der Waals surface area (Å²) in [6.07, 6.45) is -0.123. The van der Waals surface area contributed by atoms with Gasteiger partial charge in [0, 0.05) is 12.0 Å². The van der Waals surface area contributed by atoms with Gasteiger partial charge in [-0.3, -0.25) is 4.79 Å². The van der Waals surface area contributed by atoms with E-state index in [4.69, 9.17) is 5.73 Å². The van der Waals surface area contributed by atoms with Crippen molar-refractivity contribution in [3.05, 3.63) is 35.4 Å². The second-order valence-corrected chi connectivity index (χ2v) is 3.26. The first-order chi connectivity index (χ1) is 6.65. The molecule has 1 aromatic carbocycles. The van der Waals surface area contributed by atoms with Gasteiger partial charge in [-0.25, -0.2) is 0 Å². The Labute approximate surface area is 83.6 Å². The Morgan fingerprint density at radius 2 is 2.00 bits per heavy atom. The van der Waals surface area contributed by atoms with Crippen molar-refractivity contribution in [2.45, 2.75) is 19.4 Å². The molecule has 0 radical (unpaired) electrons. The Morgan fingerprint density at radius 3 is 2.43 bits per heavy atom. The molecule has 0 saturated heterocycles. The Morgan fingerprint density at radius 1 is 1.43 bits per heavy atom. The molecule has 0 fully saturated rings. The van der Waals surface area contributed by atoms with Crippen LogP contribution in [0.5, 0.6) is 0 Å². The van der Waals surface area contributed by atoms with Crippen LogP contribution in [-0.2, 0) is 0 Å². The molecular weight excluding hydrogens is 178 g/mol. The van der Waals surface area contributed by atoms with E-state index < -0.39 is 6.10 Å². The van der Waals surface area contributed by atoms with E-state index in [0.29, 0.717) is 18.5 Å². The molecule has 3 nitrogen and oxygen atoms in total. The second-order valence-electron chi connectivity index (χ2n) is 3.26. The Kier molecular flexibility index (Phi) is 3.80. The van der Waals surface area contributed by atoms with Crippen LogP contribution >= 0.6 is 0 Å². The molecule has 0 aliphatic rings. The van der Waals surface area contributed by atoms with Crippen molar-refractivity contribution in [3.63, 3.8) is 0 Å². The van der Waals surface area contributed by atoms with Gasteiger partial charge in [-0.2, -0.15) is 0 Å². The van der Waals surface area contributed by atoms with E-state index >= 15 is 0 Å². The van der Waals surface area contributed by atoms with Crippen molar-refractivity contribution in [1.29, 1.82) is 0 Å². The molecule has 76 valence electrons. The number of Topliss-reactive ketones (excluding diaryl/α,β-unsaturated/α-hetero) is 1. The SMILES string of the molecule is CC(O)c1ccc(C(=O)CCN)cc1. The topological polar surface area (TPSA) is 63.3 Å². The predicted molar refractivity (Wildman–Crippen MR) is 55.1 cm³/mol. The summed E-state index contributed by atoms with van der Waals surface area (Å²) in [6, 6.07) is 6.96. The van der Waals surface area contributed by atoms with Crippen molar-refractivity contribution < 1.29 is 9.90 Å². The van der Waals surface area contributed by atoms with Gasteiger partial charge in [0.15, 0.2) is 5.78 Å². The zero-order valence-corrected chi connectivity index (χ0v) is 8.23. The van der Waals surface area contributed by atoms with E-state index in [-0.39, 0.29) is 5.78 Å². The van der Waals surface area contributed by atoms with Gasteiger partial charge in [0.2, 0.25) is 0 Å². The van der Waals surface area contributed by atoms with Crippen LogP contribution in [0.15, 0.2) is 24.3 Å². The van der Waals surface area contributed by atoms with Crippen LogP contribution in [0, 0.1) is 0 Å². The zero-order valence-electron chi connectivity index (χ0n) is 8.23. The van der Waals surface area contributed by atoms with E-state index in [0.717, 1.165) is 5.56 Å². The van der Waals surface area contributed by atoms with Gasteiger partial charge in [0.25, 0.3) is 0 Å². The Balaban J connectivity index is 2.78. The summed E-state index contributed by atoms with van der Waals surface area (Å²) in [7, 11) is 0. The minimum Gasteiger partial charge on any atom is -0.389 e. The summed E-state index contributed by atoms with van der Waals surface area (Å²) in [5, 5.41) is 9.25. The first kappa shape index (κ1) is 10.9. The third-order valence-electron chi connectivity index (χ3n) is 2.09. The fraction of sp³-hybridized carbons (Fsp3) is 0.364. The zero-order chi connectivity index (χ0) is 10.6. The molecule has 0 aliphatic heterocycles. The lowest BCUT2D eigenvalue weighted by Crippen LogP contribution is -2.08. The van der Waals surface area contributed by atoms with Crippen LogP contribution in [0.3, 0.4) is 0 Å². The summed E-state index contributed by atoms with van der Waals surface area (Å²) in [5.41, 5.74) is 6.75. The number of carbonyl (C=O) groups is 1. The van der Waals surface area contributed by atoms with E-state index in [1.165, 1.54) is 0 Å². The largest absolute Gasteiger partial charge is 0.389 e. The average molecular weight is 193 g/mol. The highest BCUT2D eigenvalue weighted by Crippen LogP contribution is 2.13. The van der Waals surface area contributed by atoms with Gasteiger partial charge in [-0.05, 0) is 19.0 Å². The van der Waals surface area contributed by atoms with Gasteiger partial charge in [0.1, 0.15) is 0 Å². The monoisotopic (exact) mass is 193 g/mol. The van der Waals surface area contributed by atoms with Crippen molar-refractivity contribution in [2.24, 2.45) is 5.73 Å². The van der Waals surface area contributed by atoms with Gasteiger partial charge < -0.3 is 10.8 Å². The standard InChI is InChI=1S/C11H15NO2/c1-8(13)9-2-4-10(5-3-9)11(14)6-7-12/h2-5,8,13H,6-7,12H2,1H3. The third kappa shape index (κ3) is 2.65. The van der Waals surface area contributed by atoms with Crippen LogP contribution < -0.4 is 5.73 Å². The minimum absolute atomic E-state index is 0.0460. The first-order valence-electron chi connectivity index (χ1n) is 4.66. The Hall–Kier alpha value is -1.19. The maximum Gasteiger partial charge on any atom is 0.164 e. The van der Waals surface area contributed by atoms with E-state index in [9.17, 15) is 9.90 Å². The van der Waals surface area contributed by atoms with Gasteiger partial charge in [-0.15, -0.1) is 0 Å². The van der Waals surface area contributed by atoms with Gasteiger partial charge in [-0.1, -0.05) is 24.3 Å². The molecule has 14 heavy (non-hydrogen) atoms. The highest BCUT2D eigenvalue weighted by Gasteiger charge is 2.05. The maximum absolute atomic E-state index is 11.4. The van der Waals surface area contributed by atoms with Crippen LogP contribution in [0.25, 0.3) is 0 Å². The van der Waals surface area contributed by atoms with Crippen LogP contribution in [0.2, 0.25) is 0 Å². The van der Waals surface area contributed by atoms with E-state index in [2.05, 4.69) is 0 Å². The lowest BCUT2D eigenvalue weighted by molar-refractivity contribution is 0.0985. The lowest BCUT2D eigenvalue weighted by Gasteiger charge is -2.05. The molecule has 0 bridgehead atoms. The first-order valence-corrected chi connectivity index (χ1v) is 4.66. The smallest absolute Gasteiger partial charge is 0.164 e. The average Bonchev–Trinajstić information content (AvgIpc) is 2.18. The predicted octanol–water partition coefficient (Wildman–Crippen LogP) is 1.27. The summed E-state index contributed by atoms with van der Waals surface area (Å²) in [5.74, 6) is 0.0460. The number of carbonyl (C=O) groups excluding carboxylic acids is 1. The van der Waals surface area contributed by atoms with Crippen LogP contribution in [0.1, 0.15) is 35.4 Å². The van der Waals surface area contributed by atoms with E-state index in [1.807, 2.05) is 0 Å². The summed E-state index contributed by atoms with van der Waals surface area (Å²) in [6.45, 7) is 2.06. The third-order valence-corrected chi connectivity index (χ3v) is 2.09. The number of hydrogen-bond acceptors (Lipinski definition) is 3. The molecule has 1 atom stereocenters. The molecule has 0 aliphatic carbocycles. The highest BCUT2D eigenvalue weighted by molar-refractivity contribution is 5.96. The van der Waals surface area contributed by atoms with Crippen LogP contribution in [0.4, 0.5) is 0 Å². The molecule has 0 amide bonds. The van der Waals surface area contributed by atoms with E-state index in [1.54, 1.807) is 31.2 Å². The number of rotatable bonds is 4. The molecule has 0 spiro atoms. The molecule has 1 unspecified atom stereocenters. The molecule has 3 heteroatoms. The minimum atomic E-state index is -0.492. The number of ketones is 1. The van der Waals surface area contributed by atoms with Crippen molar-refractivity contribution >= 4 is 5.78 Å². The second kappa shape index (κ2) is 4.88. The molecule has 1 rings (SSSR count).